The summed E-state index contributed by atoms with van der Waals surface area (Å²) in [6.45, 7) is 1.40. The van der Waals surface area contributed by atoms with Gasteiger partial charge in [0.25, 0.3) is 0 Å². The highest BCUT2D eigenvalue weighted by molar-refractivity contribution is 5.77. The molecule has 1 atom stereocenters. The molecule has 2 aliphatic rings. The van der Waals surface area contributed by atoms with Crippen LogP contribution in [0.1, 0.15) is 31.2 Å². The monoisotopic (exact) mass is 317 g/mol. The van der Waals surface area contributed by atoms with Gasteiger partial charge in [0.2, 0.25) is 5.91 Å². The minimum absolute atomic E-state index is 0.0153. The zero-order valence-electron chi connectivity index (χ0n) is 13.5. The van der Waals surface area contributed by atoms with Gasteiger partial charge in [0, 0.05) is 19.5 Å². The van der Waals surface area contributed by atoms with Crippen LogP contribution in [0.3, 0.4) is 0 Å². The summed E-state index contributed by atoms with van der Waals surface area (Å²) in [5.41, 5.74) is 1.11. The van der Waals surface area contributed by atoms with E-state index >= 15 is 0 Å². The van der Waals surface area contributed by atoms with Gasteiger partial charge >= 0.3 is 5.97 Å². The van der Waals surface area contributed by atoms with E-state index in [4.69, 9.17) is 9.84 Å². The molecular weight excluding hydrogens is 294 g/mol. The molecule has 124 valence electrons. The Morgan fingerprint density at radius 1 is 1.26 bits per heavy atom. The summed E-state index contributed by atoms with van der Waals surface area (Å²) in [4.78, 5) is 25.3. The molecule has 3 rings (SSSR count). The van der Waals surface area contributed by atoms with Crippen molar-refractivity contribution in [2.75, 3.05) is 20.2 Å². The van der Waals surface area contributed by atoms with Crippen LogP contribution < -0.4 is 4.74 Å². The fourth-order valence-corrected chi connectivity index (χ4v) is 3.65. The molecule has 0 radical (unpaired) electrons. The van der Waals surface area contributed by atoms with Crippen molar-refractivity contribution < 1.29 is 19.4 Å². The summed E-state index contributed by atoms with van der Waals surface area (Å²) in [6, 6.07) is 7.78. The first-order chi connectivity index (χ1) is 11.0. The van der Waals surface area contributed by atoms with Crippen molar-refractivity contribution in [3.63, 3.8) is 0 Å². The molecule has 0 aromatic heterocycles. The van der Waals surface area contributed by atoms with Crippen molar-refractivity contribution in [2.45, 2.75) is 32.1 Å². The Kier molecular flexibility index (Phi) is 4.28. The summed E-state index contributed by atoms with van der Waals surface area (Å²) >= 11 is 0. The van der Waals surface area contributed by atoms with Gasteiger partial charge in [-0.1, -0.05) is 12.1 Å². The second-order valence-corrected chi connectivity index (χ2v) is 6.69. The highest BCUT2D eigenvalue weighted by atomic mass is 16.5. The van der Waals surface area contributed by atoms with Crippen molar-refractivity contribution in [3.8, 4) is 5.75 Å². The maximum Gasteiger partial charge on any atom is 0.307 e. The zero-order chi connectivity index (χ0) is 16.4. The molecule has 1 heterocycles. The number of carboxylic acid groups (broad SMARTS) is 1. The average molecular weight is 317 g/mol. The summed E-state index contributed by atoms with van der Waals surface area (Å²) in [7, 11) is 1.64. The van der Waals surface area contributed by atoms with E-state index < -0.39 is 5.97 Å². The van der Waals surface area contributed by atoms with Crippen molar-refractivity contribution in [1.29, 1.82) is 0 Å². The number of methoxy groups -OCH3 is 1. The number of ether oxygens (including phenoxy) is 1. The van der Waals surface area contributed by atoms with Crippen molar-refractivity contribution in [3.05, 3.63) is 29.8 Å². The first kappa shape index (κ1) is 15.8. The van der Waals surface area contributed by atoms with Gasteiger partial charge in [-0.05, 0) is 48.8 Å². The van der Waals surface area contributed by atoms with Gasteiger partial charge in [-0.2, -0.15) is 0 Å². The Labute approximate surface area is 136 Å². The molecule has 1 aliphatic heterocycles. The number of benzene rings is 1. The van der Waals surface area contributed by atoms with Gasteiger partial charge in [-0.15, -0.1) is 0 Å². The highest BCUT2D eigenvalue weighted by Crippen LogP contribution is 2.59. The quantitative estimate of drug-likeness (QED) is 0.905. The molecule has 1 unspecified atom stereocenters. The number of aliphatic carboxylic acids is 1. The molecule has 2 fully saturated rings. The SMILES string of the molecule is COc1ccc(CCC(=O)N2CCC3(CC2)CC3C(=O)O)cc1. The first-order valence-electron chi connectivity index (χ1n) is 8.18. The molecule has 1 aromatic carbocycles. The molecule has 5 nitrogen and oxygen atoms in total. The van der Waals surface area contributed by atoms with Crippen LogP contribution in [-0.4, -0.2) is 42.1 Å². The maximum atomic E-state index is 12.3. The molecule has 1 amide bonds. The highest BCUT2D eigenvalue weighted by Gasteiger charge is 2.59. The fraction of sp³-hybridized carbons (Fsp3) is 0.556. The van der Waals surface area contributed by atoms with Crippen molar-refractivity contribution in [2.24, 2.45) is 11.3 Å². The van der Waals surface area contributed by atoms with Crippen LogP contribution in [0, 0.1) is 11.3 Å². The van der Waals surface area contributed by atoms with Gasteiger partial charge < -0.3 is 14.7 Å². The van der Waals surface area contributed by atoms with E-state index in [2.05, 4.69) is 0 Å². The zero-order valence-corrected chi connectivity index (χ0v) is 13.5. The van der Waals surface area contributed by atoms with Crippen molar-refractivity contribution >= 4 is 11.9 Å². The van der Waals surface area contributed by atoms with Crippen LogP contribution in [0.4, 0.5) is 0 Å². The van der Waals surface area contributed by atoms with Crippen LogP contribution in [0.5, 0.6) is 5.75 Å². The standard InChI is InChI=1S/C18H23NO4/c1-23-14-5-2-13(3-6-14)4-7-16(20)19-10-8-18(9-11-19)12-15(18)17(21)22/h2-3,5-6,15H,4,7-12H2,1H3,(H,21,22). The molecule has 1 saturated heterocycles. The fourth-order valence-electron chi connectivity index (χ4n) is 3.65. The summed E-state index contributed by atoms with van der Waals surface area (Å²) in [5, 5.41) is 9.10. The number of carbonyl (C=O) groups excluding carboxylic acids is 1. The van der Waals surface area contributed by atoms with Gasteiger partial charge in [-0.25, -0.2) is 0 Å². The lowest BCUT2D eigenvalue weighted by molar-refractivity contribution is -0.139. The number of carbonyl (C=O) groups is 2. The predicted octanol–water partition coefficient (Wildman–Crippen LogP) is 2.34. The van der Waals surface area contributed by atoms with E-state index in [-0.39, 0.29) is 17.2 Å². The molecule has 1 N–H and O–H groups in total. The van der Waals surface area contributed by atoms with E-state index in [0.29, 0.717) is 19.5 Å². The Morgan fingerprint density at radius 2 is 1.91 bits per heavy atom. The van der Waals surface area contributed by atoms with E-state index in [1.807, 2.05) is 29.2 Å². The minimum atomic E-state index is -0.677. The van der Waals surface area contributed by atoms with Gasteiger partial charge in [0.1, 0.15) is 5.75 Å². The number of carboxylic acids is 1. The Hall–Kier alpha value is -2.04. The predicted molar refractivity (Wildman–Crippen MR) is 85.3 cm³/mol. The van der Waals surface area contributed by atoms with Crippen LogP contribution in [0.2, 0.25) is 0 Å². The second-order valence-electron chi connectivity index (χ2n) is 6.69. The minimum Gasteiger partial charge on any atom is -0.497 e. The Bertz CT molecular complexity index is 588. The van der Waals surface area contributed by atoms with E-state index in [1.54, 1.807) is 7.11 Å². The number of aryl methyl sites for hydroxylation is 1. The second kappa shape index (κ2) is 6.22. The van der Waals surface area contributed by atoms with Gasteiger partial charge in [0.05, 0.1) is 13.0 Å². The molecule has 0 bridgehead atoms. The number of piperidine rings is 1. The number of likely N-dealkylation sites (tertiary alicyclic amines) is 1. The van der Waals surface area contributed by atoms with Crippen molar-refractivity contribution in [1.82, 2.24) is 4.90 Å². The van der Waals surface area contributed by atoms with E-state index in [1.165, 1.54) is 0 Å². The van der Waals surface area contributed by atoms with Crippen LogP contribution >= 0.6 is 0 Å². The summed E-state index contributed by atoms with van der Waals surface area (Å²) in [6.07, 6.45) is 3.68. The van der Waals surface area contributed by atoms with Crippen LogP contribution in [0.15, 0.2) is 24.3 Å². The Balaban J connectivity index is 1.45. The van der Waals surface area contributed by atoms with Crippen LogP contribution in [-0.2, 0) is 16.0 Å². The smallest absolute Gasteiger partial charge is 0.307 e. The number of hydrogen-bond acceptors (Lipinski definition) is 3. The average Bonchev–Trinajstić information content (AvgIpc) is 3.27. The topological polar surface area (TPSA) is 66.8 Å². The van der Waals surface area contributed by atoms with Gasteiger partial charge in [0.15, 0.2) is 0 Å². The molecule has 23 heavy (non-hydrogen) atoms. The third-order valence-corrected chi connectivity index (χ3v) is 5.39. The third-order valence-electron chi connectivity index (χ3n) is 5.39. The maximum absolute atomic E-state index is 12.3. The molecule has 1 aromatic rings. The number of hydrogen-bond donors (Lipinski definition) is 1. The number of nitrogens with zero attached hydrogens (tertiary/aromatic N) is 1. The van der Waals surface area contributed by atoms with Crippen LogP contribution in [0.25, 0.3) is 0 Å². The molecule has 1 spiro atoms. The summed E-state index contributed by atoms with van der Waals surface area (Å²) < 4.78 is 5.12. The normalized spacial score (nSPS) is 22.0. The van der Waals surface area contributed by atoms with E-state index in [9.17, 15) is 9.59 Å². The number of amides is 1. The molecule has 1 saturated carbocycles. The van der Waals surface area contributed by atoms with E-state index in [0.717, 1.165) is 37.0 Å². The molecule has 1 aliphatic carbocycles. The Morgan fingerprint density at radius 3 is 2.43 bits per heavy atom. The lowest BCUT2D eigenvalue weighted by Crippen LogP contribution is -2.40. The lowest BCUT2D eigenvalue weighted by atomic mass is 9.90. The first-order valence-corrected chi connectivity index (χ1v) is 8.18. The van der Waals surface area contributed by atoms with Gasteiger partial charge in [-0.3, -0.25) is 9.59 Å². The summed E-state index contributed by atoms with van der Waals surface area (Å²) in [5.74, 6) is 0.130. The number of rotatable bonds is 5. The third kappa shape index (κ3) is 3.33. The molecule has 5 heteroatoms. The lowest BCUT2D eigenvalue weighted by Gasteiger charge is -2.32. The largest absolute Gasteiger partial charge is 0.497 e. The molecular formula is C18H23NO4.